The number of rotatable bonds is 6. The van der Waals surface area contributed by atoms with Gasteiger partial charge in [0.15, 0.2) is 0 Å². The van der Waals surface area contributed by atoms with Gasteiger partial charge in [-0.1, -0.05) is 35.3 Å². The van der Waals surface area contributed by atoms with Gasteiger partial charge in [0.05, 0.1) is 17.8 Å². The highest BCUT2D eigenvalue weighted by molar-refractivity contribution is 6.30. The Morgan fingerprint density at radius 1 is 1.09 bits per heavy atom. The fourth-order valence-corrected chi connectivity index (χ4v) is 4.72. The van der Waals surface area contributed by atoms with Gasteiger partial charge in [-0.2, -0.15) is 5.10 Å². The number of benzene rings is 2. The van der Waals surface area contributed by atoms with Gasteiger partial charge in [-0.25, -0.2) is 4.68 Å². The van der Waals surface area contributed by atoms with Crippen molar-refractivity contribution >= 4 is 29.1 Å². The van der Waals surface area contributed by atoms with Crippen LogP contribution in [0.25, 0.3) is 5.69 Å². The normalized spacial score (nSPS) is 15.5. The molecule has 1 aromatic heterocycles. The number of carbonyl (C=O) groups excluding carboxylic acids is 1. The summed E-state index contributed by atoms with van der Waals surface area (Å²) >= 11 is 12.3. The van der Waals surface area contributed by atoms with E-state index in [4.69, 9.17) is 27.9 Å². The quantitative estimate of drug-likeness (QED) is 0.537. The number of aryl methyl sites for hydroxylation is 1. The molecule has 7 heteroatoms. The molecule has 1 saturated heterocycles. The van der Waals surface area contributed by atoms with Gasteiger partial charge in [0, 0.05) is 46.5 Å². The van der Waals surface area contributed by atoms with E-state index in [1.807, 2.05) is 61.0 Å². The number of hydrogen-bond acceptors (Lipinski definition) is 3. The second-order valence-electron chi connectivity index (χ2n) is 8.39. The van der Waals surface area contributed by atoms with Crippen molar-refractivity contribution in [3.8, 4) is 5.69 Å². The summed E-state index contributed by atoms with van der Waals surface area (Å²) in [7, 11) is 0. The number of hydrogen-bond donors (Lipinski definition) is 1. The molecule has 4 rings (SSSR count). The molecular formula is C25H27Cl2N3O2. The zero-order valence-electron chi connectivity index (χ0n) is 18.3. The molecule has 0 atom stereocenters. The van der Waals surface area contributed by atoms with E-state index in [2.05, 4.69) is 16.5 Å². The molecule has 0 aliphatic carbocycles. The topological polar surface area (TPSA) is 56.2 Å². The molecular weight excluding hydrogens is 445 g/mol. The Hall–Kier alpha value is -2.34. The molecule has 0 bridgehead atoms. The number of aromatic nitrogens is 2. The average molecular weight is 472 g/mol. The number of nitrogens with zero attached hydrogens (tertiary/aromatic N) is 2. The third-order valence-corrected chi connectivity index (χ3v) is 6.85. The van der Waals surface area contributed by atoms with Crippen LogP contribution >= 0.6 is 23.2 Å². The minimum absolute atomic E-state index is 0.0141. The van der Waals surface area contributed by atoms with E-state index in [1.165, 1.54) is 0 Å². The second-order valence-corrected chi connectivity index (χ2v) is 9.27. The lowest BCUT2D eigenvalue weighted by atomic mass is 9.74. The molecule has 1 aliphatic heterocycles. The van der Waals surface area contributed by atoms with E-state index >= 15 is 0 Å². The number of amides is 1. The van der Waals surface area contributed by atoms with Crippen molar-refractivity contribution in [1.29, 1.82) is 0 Å². The van der Waals surface area contributed by atoms with Crippen molar-refractivity contribution in [1.82, 2.24) is 15.1 Å². The second kappa shape index (κ2) is 9.65. The molecule has 1 fully saturated rings. The van der Waals surface area contributed by atoms with Crippen molar-refractivity contribution in [3.63, 3.8) is 0 Å². The molecule has 32 heavy (non-hydrogen) atoms. The number of carbonyl (C=O) groups is 1. The Kier molecular flexibility index (Phi) is 6.89. The van der Waals surface area contributed by atoms with Gasteiger partial charge < -0.3 is 10.1 Å². The number of nitrogens with one attached hydrogen (secondary N) is 1. The molecule has 0 spiro atoms. The molecule has 0 unspecified atom stereocenters. The summed E-state index contributed by atoms with van der Waals surface area (Å²) in [6, 6.07) is 15.5. The van der Waals surface area contributed by atoms with E-state index in [0.29, 0.717) is 29.8 Å². The first-order valence-corrected chi connectivity index (χ1v) is 11.6. The van der Waals surface area contributed by atoms with Crippen molar-refractivity contribution in [2.75, 3.05) is 19.8 Å². The maximum atomic E-state index is 13.0. The van der Waals surface area contributed by atoms with Crippen molar-refractivity contribution in [3.05, 3.63) is 81.1 Å². The molecule has 5 nitrogen and oxygen atoms in total. The molecule has 0 saturated carbocycles. The first kappa shape index (κ1) is 22.8. The highest BCUT2D eigenvalue weighted by Gasteiger charge is 2.35. The Bertz CT molecular complexity index is 1100. The van der Waals surface area contributed by atoms with Gasteiger partial charge >= 0.3 is 0 Å². The van der Waals surface area contributed by atoms with Crippen LogP contribution in [-0.4, -0.2) is 35.4 Å². The summed E-state index contributed by atoms with van der Waals surface area (Å²) in [6.07, 6.45) is 1.98. The summed E-state index contributed by atoms with van der Waals surface area (Å²) < 4.78 is 7.46. The van der Waals surface area contributed by atoms with E-state index in [0.717, 1.165) is 41.0 Å². The van der Waals surface area contributed by atoms with Crippen molar-refractivity contribution in [2.45, 2.75) is 38.5 Å². The monoisotopic (exact) mass is 471 g/mol. The van der Waals surface area contributed by atoms with Crippen molar-refractivity contribution in [2.24, 2.45) is 0 Å². The van der Waals surface area contributed by atoms with Crippen LogP contribution in [-0.2, 0) is 21.4 Å². The number of ether oxygens (including phenoxy) is 1. The van der Waals surface area contributed by atoms with Crippen LogP contribution < -0.4 is 5.32 Å². The Balaban J connectivity index is 1.49. The molecule has 0 radical (unpaired) electrons. The Labute approximate surface area is 198 Å². The molecule has 2 heterocycles. The summed E-state index contributed by atoms with van der Waals surface area (Å²) in [5.41, 5.74) is 4.65. The maximum Gasteiger partial charge on any atom is 0.224 e. The predicted octanol–water partition coefficient (Wildman–Crippen LogP) is 5.20. The van der Waals surface area contributed by atoms with Crippen LogP contribution in [0.15, 0.2) is 48.5 Å². The summed E-state index contributed by atoms with van der Waals surface area (Å²) in [5, 5.41) is 9.21. The molecule has 168 valence electrons. The third-order valence-electron chi connectivity index (χ3n) is 6.36. The first-order chi connectivity index (χ1) is 15.4. The number of halogens is 2. The van der Waals surface area contributed by atoms with Crippen molar-refractivity contribution < 1.29 is 9.53 Å². The highest BCUT2D eigenvalue weighted by Crippen LogP contribution is 2.35. The lowest BCUT2D eigenvalue weighted by molar-refractivity contribution is -0.121. The van der Waals surface area contributed by atoms with Gasteiger partial charge in [0.2, 0.25) is 5.91 Å². The van der Waals surface area contributed by atoms with Crippen LogP contribution in [0.2, 0.25) is 10.0 Å². The molecule has 2 aromatic carbocycles. The largest absolute Gasteiger partial charge is 0.381 e. The van der Waals surface area contributed by atoms with E-state index in [-0.39, 0.29) is 17.7 Å². The first-order valence-electron chi connectivity index (χ1n) is 10.8. The maximum absolute atomic E-state index is 13.0. The summed E-state index contributed by atoms with van der Waals surface area (Å²) in [5.74, 6) is -0.0141. The smallest absolute Gasteiger partial charge is 0.224 e. The Morgan fingerprint density at radius 3 is 2.50 bits per heavy atom. The molecule has 1 N–H and O–H groups in total. The van der Waals surface area contributed by atoms with Crippen LogP contribution in [0.1, 0.15) is 35.4 Å². The predicted molar refractivity (Wildman–Crippen MR) is 128 cm³/mol. The molecule has 1 amide bonds. The lowest BCUT2D eigenvalue weighted by Gasteiger charge is -2.38. The van der Waals surface area contributed by atoms with Gasteiger partial charge in [-0.15, -0.1) is 0 Å². The van der Waals surface area contributed by atoms with Crippen LogP contribution in [0.3, 0.4) is 0 Å². The Morgan fingerprint density at radius 2 is 1.81 bits per heavy atom. The van der Waals surface area contributed by atoms with Crippen LogP contribution in [0.5, 0.6) is 0 Å². The van der Waals surface area contributed by atoms with E-state index in [9.17, 15) is 4.79 Å². The fraction of sp³-hybridized carbons (Fsp3) is 0.360. The minimum atomic E-state index is -0.170. The third kappa shape index (κ3) is 4.85. The van der Waals surface area contributed by atoms with Gasteiger partial charge in [0.25, 0.3) is 0 Å². The zero-order chi connectivity index (χ0) is 22.7. The average Bonchev–Trinajstić information content (AvgIpc) is 3.07. The van der Waals surface area contributed by atoms with Crippen LogP contribution in [0, 0.1) is 13.8 Å². The fourth-order valence-electron chi connectivity index (χ4n) is 4.40. The lowest BCUT2D eigenvalue weighted by Crippen LogP contribution is -2.45. The zero-order valence-corrected chi connectivity index (χ0v) is 19.8. The van der Waals surface area contributed by atoms with Crippen LogP contribution in [0.4, 0.5) is 0 Å². The van der Waals surface area contributed by atoms with E-state index in [1.54, 1.807) is 0 Å². The minimum Gasteiger partial charge on any atom is -0.381 e. The standard InChI is InChI=1S/C25H27Cl2N3O2/c1-17-23(18(2)30(29-17)22-8-6-20(26)7-9-22)15-24(31)28-16-25(10-12-32-13-11-25)19-4-3-5-21(27)14-19/h3-9,14H,10-13,15-16H2,1-2H3,(H,28,31). The highest BCUT2D eigenvalue weighted by atomic mass is 35.5. The SMILES string of the molecule is Cc1nn(-c2ccc(Cl)cc2)c(C)c1CC(=O)NCC1(c2cccc(Cl)c2)CCOCC1. The molecule has 1 aliphatic rings. The van der Waals surface area contributed by atoms with E-state index < -0.39 is 0 Å². The molecule has 3 aromatic rings. The summed E-state index contributed by atoms with van der Waals surface area (Å²) in [4.78, 5) is 13.0. The van der Waals surface area contributed by atoms with Gasteiger partial charge in [-0.3, -0.25) is 4.79 Å². The summed E-state index contributed by atoms with van der Waals surface area (Å²) in [6.45, 7) is 5.83. The van der Waals surface area contributed by atoms with Gasteiger partial charge in [0.1, 0.15) is 0 Å². The van der Waals surface area contributed by atoms with Gasteiger partial charge in [-0.05, 0) is 68.7 Å².